The van der Waals surface area contributed by atoms with Crippen molar-refractivity contribution in [3.63, 3.8) is 0 Å². The lowest BCUT2D eigenvalue weighted by molar-refractivity contribution is -0.140. The van der Waals surface area contributed by atoms with Gasteiger partial charge in [0, 0.05) is 12.8 Å². The van der Waals surface area contributed by atoms with Gasteiger partial charge in [0.25, 0.3) is 5.91 Å². The lowest BCUT2D eigenvalue weighted by Gasteiger charge is -2.34. The summed E-state index contributed by atoms with van der Waals surface area (Å²) in [4.78, 5) is 12.8. The van der Waals surface area contributed by atoms with Crippen LogP contribution in [0, 0.1) is 5.92 Å². The van der Waals surface area contributed by atoms with Crippen molar-refractivity contribution in [2.24, 2.45) is 5.92 Å². The van der Waals surface area contributed by atoms with Gasteiger partial charge in [-0.3, -0.25) is 4.79 Å². The average Bonchev–Trinajstić information content (AvgIpc) is 2.67. The fourth-order valence-electron chi connectivity index (χ4n) is 4.08. The number of rotatable bonds is 6. The first-order valence-electron chi connectivity index (χ1n) is 9.89. The number of anilines is 1. The third-order valence-electron chi connectivity index (χ3n) is 5.77. The molecule has 26 heavy (non-hydrogen) atoms. The van der Waals surface area contributed by atoms with Crippen molar-refractivity contribution >= 4 is 11.6 Å². The molecule has 2 N–H and O–H groups in total. The third-order valence-corrected chi connectivity index (χ3v) is 5.77. The number of benzene rings is 1. The zero-order valence-electron chi connectivity index (χ0n) is 16.1. The van der Waals surface area contributed by atoms with Crippen LogP contribution in [-0.4, -0.2) is 37.8 Å². The molecule has 2 unspecified atom stereocenters. The van der Waals surface area contributed by atoms with Crippen LogP contribution in [0.25, 0.3) is 0 Å². The zero-order chi connectivity index (χ0) is 18.4. The number of piperidine rings is 1. The smallest absolute Gasteiger partial charge is 0.256 e. The number of hydrogen-bond acceptors (Lipinski definition) is 4. The van der Waals surface area contributed by atoms with Gasteiger partial charge >= 0.3 is 0 Å². The predicted molar refractivity (Wildman–Crippen MR) is 103 cm³/mol. The molecule has 1 aromatic rings. The van der Waals surface area contributed by atoms with Gasteiger partial charge in [-0.25, -0.2) is 0 Å². The SMILES string of the molecule is COC1(C(=O)Nc2cccc(COC3CCCC(C)C3)c2)CCNCC1. The molecule has 1 aromatic carbocycles. The van der Waals surface area contributed by atoms with E-state index in [1.54, 1.807) is 7.11 Å². The molecule has 2 atom stereocenters. The fourth-order valence-corrected chi connectivity index (χ4v) is 4.08. The molecule has 1 heterocycles. The van der Waals surface area contributed by atoms with E-state index >= 15 is 0 Å². The van der Waals surface area contributed by atoms with E-state index in [0.717, 1.165) is 43.1 Å². The maximum Gasteiger partial charge on any atom is 0.256 e. The summed E-state index contributed by atoms with van der Waals surface area (Å²) in [6.07, 6.45) is 6.64. The van der Waals surface area contributed by atoms with Crippen molar-refractivity contribution in [2.75, 3.05) is 25.5 Å². The third kappa shape index (κ3) is 4.84. The first kappa shape index (κ1) is 19.3. The highest BCUT2D eigenvalue weighted by atomic mass is 16.5. The van der Waals surface area contributed by atoms with Gasteiger partial charge in [-0.05, 0) is 62.4 Å². The van der Waals surface area contributed by atoms with Crippen molar-refractivity contribution in [1.29, 1.82) is 0 Å². The van der Waals surface area contributed by atoms with Gasteiger partial charge < -0.3 is 20.1 Å². The molecule has 0 aromatic heterocycles. The Hall–Kier alpha value is -1.43. The molecule has 5 nitrogen and oxygen atoms in total. The van der Waals surface area contributed by atoms with Gasteiger partial charge in [-0.1, -0.05) is 31.9 Å². The fraction of sp³-hybridized carbons (Fsp3) is 0.667. The van der Waals surface area contributed by atoms with Gasteiger partial charge in [0.05, 0.1) is 12.7 Å². The Morgan fingerprint density at radius 3 is 2.85 bits per heavy atom. The second-order valence-corrected chi connectivity index (χ2v) is 7.81. The van der Waals surface area contributed by atoms with E-state index in [1.807, 2.05) is 18.2 Å². The van der Waals surface area contributed by atoms with Crippen LogP contribution in [0.5, 0.6) is 0 Å². The van der Waals surface area contributed by atoms with Gasteiger partial charge in [-0.15, -0.1) is 0 Å². The number of ether oxygens (including phenoxy) is 2. The minimum atomic E-state index is -0.726. The van der Waals surface area contributed by atoms with Crippen LogP contribution in [0.15, 0.2) is 24.3 Å². The van der Waals surface area contributed by atoms with Gasteiger partial charge in [0.1, 0.15) is 5.60 Å². The molecular formula is C21H32N2O3. The summed E-state index contributed by atoms with van der Waals surface area (Å²) >= 11 is 0. The monoisotopic (exact) mass is 360 g/mol. The Labute approximate surface area is 156 Å². The highest BCUT2D eigenvalue weighted by Crippen LogP contribution is 2.27. The van der Waals surface area contributed by atoms with Crippen LogP contribution >= 0.6 is 0 Å². The molecule has 0 radical (unpaired) electrons. The first-order valence-corrected chi connectivity index (χ1v) is 9.89. The quantitative estimate of drug-likeness (QED) is 0.815. The van der Waals surface area contributed by atoms with E-state index in [1.165, 1.54) is 12.8 Å². The van der Waals surface area contributed by atoms with E-state index in [-0.39, 0.29) is 5.91 Å². The molecule has 1 saturated carbocycles. The van der Waals surface area contributed by atoms with Crippen molar-refractivity contribution in [3.05, 3.63) is 29.8 Å². The second kappa shape index (κ2) is 8.98. The van der Waals surface area contributed by atoms with Gasteiger partial charge in [0.2, 0.25) is 0 Å². The maximum absolute atomic E-state index is 12.8. The van der Waals surface area contributed by atoms with Crippen LogP contribution in [0.4, 0.5) is 5.69 Å². The Morgan fingerprint density at radius 2 is 2.12 bits per heavy atom. The number of carbonyl (C=O) groups is 1. The first-order chi connectivity index (χ1) is 12.6. The average molecular weight is 360 g/mol. The summed E-state index contributed by atoms with van der Waals surface area (Å²) in [5.41, 5.74) is 1.18. The van der Waals surface area contributed by atoms with Crippen LogP contribution in [0.1, 0.15) is 51.0 Å². The molecule has 0 bridgehead atoms. The summed E-state index contributed by atoms with van der Waals surface area (Å²) in [6, 6.07) is 7.96. The molecule has 3 rings (SSSR count). The number of nitrogens with one attached hydrogen (secondary N) is 2. The lowest BCUT2D eigenvalue weighted by Crippen LogP contribution is -2.51. The number of amides is 1. The molecule has 0 spiro atoms. The van der Waals surface area contributed by atoms with E-state index in [0.29, 0.717) is 25.6 Å². The summed E-state index contributed by atoms with van der Waals surface area (Å²) in [7, 11) is 1.63. The van der Waals surface area contributed by atoms with Crippen LogP contribution in [-0.2, 0) is 20.9 Å². The van der Waals surface area contributed by atoms with E-state index in [4.69, 9.17) is 9.47 Å². The number of carbonyl (C=O) groups excluding carboxylic acids is 1. The summed E-state index contributed by atoms with van der Waals surface area (Å²) in [5, 5.41) is 6.32. The highest BCUT2D eigenvalue weighted by molar-refractivity contribution is 5.97. The van der Waals surface area contributed by atoms with Gasteiger partial charge in [-0.2, -0.15) is 0 Å². The minimum absolute atomic E-state index is 0.0549. The topological polar surface area (TPSA) is 59.6 Å². The Morgan fingerprint density at radius 1 is 1.31 bits per heavy atom. The van der Waals surface area contributed by atoms with Crippen LogP contribution in [0.3, 0.4) is 0 Å². The second-order valence-electron chi connectivity index (χ2n) is 7.81. The molecule has 144 valence electrons. The highest BCUT2D eigenvalue weighted by Gasteiger charge is 2.39. The maximum atomic E-state index is 12.8. The van der Waals surface area contributed by atoms with E-state index in [2.05, 4.69) is 23.6 Å². The molecule has 2 aliphatic rings. The Balaban J connectivity index is 1.57. The molecular weight excluding hydrogens is 328 g/mol. The normalized spacial score (nSPS) is 25.6. The van der Waals surface area contributed by atoms with Crippen LogP contribution < -0.4 is 10.6 Å². The van der Waals surface area contributed by atoms with Gasteiger partial charge in [0.15, 0.2) is 0 Å². The van der Waals surface area contributed by atoms with Crippen molar-refractivity contribution in [1.82, 2.24) is 5.32 Å². The largest absolute Gasteiger partial charge is 0.374 e. The molecule has 1 amide bonds. The summed E-state index contributed by atoms with van der Waals surface area (Å²) < 4.78 is 11.7. The molecule has 2 fully saturated rings. The zero-order valence-corrected chi connectivity index (χ0v) is 16.1. The number of hydrogen-bond donors (Lipinski definition) is 2. The number of methoxy groups -OCH3 is 1. The van der Waals surface area contributed by atoms with Crippen LogP contribution in [0.2, 0.25) is 0 Å². The molecule has 1 aliphatic carbocycles. The Bertz CT molecular complexity index is 599. The Kier molecular flexibility index (Phi) is 6.68. The van der Waals surface area contributed by atoms with Crippen molar-refractivity contribution in [3.8, 4) is 0 Å². The molecule has 5 heteroatoms. The predicted octanol–water partition coefficient (Wildman–Crippen LogP) is 3.49. The van der Waals surface area contributed by atoms with Crippen molar-refractivity contribution < 1.29 is 14.3 Å². The van der Waals surface area contributed by atoms with E-state index < -0.39 is 5.60 Å². The molecule has 1 saturated heterocycles. The molecule has 1 aliphatic heterocycles. The lowest BCUT2D eigenvalue weighted by atomic mass is 9.89. The summed E-state index contributed by atoms with van der Waals surface area (Å²) in [6.45, 7) is 4.50. The summed E-state index contributed by atoms with van der Waals surface area (Å²) in [5.74, 6) is 0.704. The standard InChI is InChI=1S/C21H32N2O3/c1-16-5-3-8-19(13-16)26-15-17-6-4-7-18(14-17)23-20(24)21(25-2)9-11-22-12-10-21/h4,6-7,14,16,19,22H,3,5,8-13,15H2,1-2H3,(H,23,24). The van der Waals surface area contributed by atoms with E-state index in [9.17, 15) is 4.79 Å². The minimum Gasteiger partial charge on any atom is -0.374 e. The van der Waals surface area contributed by atoms with Crippen molar-refractivity contribution in [2.45, 2.75) is 63.8 Å².